The Labute approximate surface area is 62.7 Å². The summed E-state index contributed by atoms with van der Waals surface area (Å²) in [6.07, 6.45) is -6.33. The van der Waals surface area contributed by atoms with Gasteiger partial charge in [-0.25, -0.2) is 0 Å². The molecule has 0 saturated heterocycles. The van der Waals surface area contributed by atoms with Crippen molar-refractivity contribution in [3.05, 3.63) is 0 Å². The van der Waals surface area contributed by atoms with Gasteiger partial charge in [0, 0.05) is 20.4 Å². The number of carboxylic acids is 1. The Hall–Kier alpha value is -0.0777. The molecule has 6 heteroatoms. The number of carbonyl (C=O) groups is 1. The Morgan fingerprint density at radius 2 is 1.78 bits per heavy atom. The van der Waals surface area contributed by atoms with E-state index in [2.05, 4.69) is 0 Å². The van der Waals surface area contributed by atoms with Crippen molar-refractivity contribution in [1.29, 1.82) is 0 Å². The van der Waals surface area contributed by atoms with Crippen LogP contribution in [0.2, 0.25) is 0 Å². The molecule has 0 aromatic heterocycles. The van der Waals surface area contributed by atoms with E-state index in [1.807, 2.05) is 0 Å². The number of halogens is 3. The Kier molecular flexibility index (Phi) is 5.01. The summed E-state index contributed by atoms with van der Waals surface area (Å²) in [4.78, 5) is 9.29. The van der Waals surface area contributed by atoms with Gasteiger partial charge in [-0.05, 0) is 0 Å². The average molecular weight is 234 g/mol. The fourth-order valence-corrected chi connectivity index (χ4v) is 0.171. The van der Waals surface area contributed by atoms with Crippen molar-refractivity contribution in [2.24, 2.45) is 0 Å². The minimum absolute atomic E-state index is 0. The number of hydrogen-bond acceptors (Lipinski definition) is 1. The van der Waals surface area contributed by atoms with Crippen molar-refractivity contribution in [2.75, 3.05) is 0 Å². The molecule has 1 N–H and O–H groups in total. The predicted molar refractivity (Wildman–Crippen MR) is 18.3 cm³/mol. The van der Waals surface area contributed by atoms with Crippen LogP contribution in [0.5, 0.6) is 0 Å². The third kappa shape index (κ3) is 11.5. The van der Waals surface area contributed by atoms with Crippen molar-refractivity contribution in [2.45, 2.75) is 12.6 Å². The maximum absolute atomic E-state index is 10.9. The molecule has 0 aliphatic rings. The SMILES string of the molecule is O=C(O)CC(F)(F)F.[Pd]. The molecule has 0 aromatic rings. The third-order valence-electron chi connectivity index (χ3n) is 0.352. The number of alkyl halides is 3. The first kappa shape index (κ1) is 11.7. The van der Waals surface area contributed by atoms with Gasteiger partial charge in [-0.15, -0.1) is 0 Å². The molecule has 0 rings (SSSR count). The third-order valence-corrected chi connectivity index (χ3v) is 0.352. The fourth-order valence-electron chi connectivity index (χ4n) is 0.171. The molecule has 0 fully saturated rings. The normalized spacial score (nSPS) is 10.1. The molecule has 0 saturated carbocycles. The summed E-state index contributed by atoms with van der Waals surface area (Å²) in [5.41, 5.74) is 0. The van der Waals surface area contributed by atoms with Gasteiger partial charge in [0.05, 0.1) is 0 Å². The Morgan fingerprint density at radius 1 is 1.44 bits per heavy atom. The van der Waals surface area contributed by atoms with E-state index in [9.17, 15) is 18.0 Å². The van der Waals surface area contributed by atoms with Gasteiger partial charge < -0.3 is 5.11 Å². The fraction of sp³-hybridized carbons (Fsp3) is 0.667. The van der Waals surface area contributed by atoms with E-state index < -0.39 is 18.6 Å². The molecular formula is C3H3F3O2Pd. The maximum atomic E-state index is 10.9. The summed E-state index contributed by atoms with van der Waals surface area (Å²) < 4.78 is 32.8. The van der Waals surface area contributed by atoms with Gasteiger partial charge in [-0.2, -0.15) is 13.2 Å². The molecule has 0 aliphatic carbocycles. The van der Waals surface area contributed by atoms with Crippen LogP contribution in [-0.4, -0.2) is 17.3 Å². The van der Waals surface area contributed by atoms with E-state index >= 15 is 0 Å². The van der Waals surface area contributed by atoms with Crippen molar-refractivity contribution >= 4 is 5.97 Å². The standard InChI is InChI=1S/C3H3F3O2.Pd/c4-3(5,6)1-2(7)8;/h1H2,(H,7,8);. The summed E-state index contributed by atoms with van der Waals surface area (Å²) in [7, 11) is 0. The van der Waals surface area contributed by atoms with Gasteiger partial charge >= 0.3 is 12.1 Å². The molecule has 9 heavy (non-hydrogen) atoms. The van der Waals surface area contributed by atoms with Crippen LogP contribution in [-0.2, 0) is 25.2 Å². The number of hydrogen-bond donors (Lipinski definition) is 1. The molecule has 0 heterocycles. The van der Waals surface area contributed by atoms with Crippen molar-refractivity contribution in [3.63, 3.8) is 0 Å². The van der Waals surface area contributed by atoms with Gasteiger partial charge in [0.15, 0.2) is 0 Å². The Bertz CT molecular complexity index is 99.7. The van der Waals surface area contributed by atoms with E-state index in [4.69, 9.17) is 5.11 Å². The summed E-state index contributed by atoms with van der Waals surface area (Å²) >= 11 is 0. The second-order valence-electron chi connectivity index (χ2n) is 1.19. The van der Waals surface area contributed by atoms with E-state index in [-0.39, 0.29) is 20.4 Å². The van der Waals surface area contributed by atoms with Crippen LogP contribution in [0.15, 0.2) is 0 Å². The van der Waals surface area contributed by atoms with Crippen LogP contribution in [0.25, 0.3) is 0 Å². The van der Waals surface area contributed by atoms with Gasteiger partial charge in [0.1, 0.15) is 6.42 Å². The largest absolute Gasteiger partial charge is 0.481 e. The van der Waals surface area contributed by atoms with Crippen LogP contribution < -0.4 is 0 Å². The number of aliphatic carboxylic acids is 1. The van der Waals surface area contributed by atoms with Gasteiger partial charge in [-0.3, -0.25) is 4.79 Å². The molecule has 0 aromatic carbocycles. The molecule has 2 nitrogen and oxygen atoms in total. The topological polar surface area (TPSA) is 37.3 Å². The Balaban J connectivity index is 0. The summed E-state index contributed by atoms with van der Waals surface area (Å²) in [5.74, 6) is -1.85. The molecular weight excluding hydrogens is 231 g/mol. The number of carboxylic acid groups (broad SMARTS) is 1. The zero-order valence-electron chi connectivity index (χ0n) is 4.01. The first-order valence-electron chi connectivity index (χ1n) is 1.70. The average Bonchev–Trinajstić information content (AvgIpc) is 1.21. The molecule has 58 valence electrons. The quantitative estimate of drug-likeness (QED) is 0.688. The minimum atomic E-state index is -4.58. The second-order valence-corrected chi connectivity index (χ2v) is 1.19. The summed E-state index contributed by atoms with van der Waals surface area (Å²) in [5, 5.41) is 7.53. The zero-order chi connectivity index (χ0) is 6.78. The smallest absolute Gasteiger partial charge is 0.399 e. The monoisotopic (exact) mass is 234 g/mol. The van der Waals surface area contributed by atoms with E-state index in [0.717, 1.165) is 0 Å². The van der Waals surface area contributed by atoms with Gasteiger partial charge in [-0.1, -0.05) is 0 Å². The predicted octanol–water partition coefficient (Wildman–Crippen LogP) is 1.02. The molecule has 0 radical (unpaired) electrons. The first-order chi connectivity index (χ1) is 3.42. The van der Waals surface area contributed by atoms with Gasteiger partial charge in [0.25, 0.3) is 0 Å². The zero-order valence-corrected chi connectivity index (χ0v) is 5.57. The van der Waals surface area contributed by atoms with E-state index in [1.165, 1.54) is 0 Å². The molecule has 0 atom stereocenters. The maximum Gasteiger partial charge on any atom is 0.399 e. The number of rotatable bonds is 1. The van der Waals surface area contributed by atoms with Crippen LogP contribution >= 0.6 is 0 Å². The van der Waals surface area contributed by atoms with E-state index in [1.54, 1.807) is 0 Å². The molecule has 0 aliphatic heterocycles. The van der Waals surface area contributed by atoms with E-state index in [0.29, 0.717) is 0 Å². The van der Waals surface area contributed by atoms with Gasteiger partial charge in [0.2, 0.25) is 0 Å². The Morgan fingerprint density at radius 3 is 1.78 bits per heavy atom. The van der Waals surface area contributed by atoms with Crippen molar-refractivity contribution < 1.29 is 43.5 Å². The molecule has 0 unspecified atom stereocenters. The molecule has 0 spiro atoms. The van der Waals surface area contributed by atoms with Crippen LogP contribution in [0.1, 0.15) is 6.42 Å². The van der Waals surface area contributed by atoms with Crippen molar-refractivity contribution in [3.8, 4) is 0 Å². The molecule has 0 bridgehead atoms. The van der Waals surface area contributed by atoms with Crippen LogP contribution in [0, 0.1) is 0 Å². The van der Waals surface area contributed by atoms with Crippen LogP contribution in [0.3, 0.4) is 0 Å². The van der Waals surface area contributed by atoms with Crippen molar-refractivity contribution in [1.82, 2.24) is 0 Å². The second kappa shape index (κ2) is 3.86. The summed E-state index contributed by atoms with van der Waals surface area (Å²) in [6.45, 7) is 0. The first-order valence-corrected chi connectivity index (χ1v) is 1.70. The van der Waals surface area contributed by atoms with Crippen LogP contribution in [0.4, 0.5) is 13.2 Å². The molecule has 0 amide bonds. The minimum Gasteiger partial charge on any atom is -0.481 e. The summed E-state index contributed by atoms with van der Waals surface area (Å²) in [6, 6.07) is 0.